The number of ether oxygens (including phenoxy) is 2. The second-order valence-electron chi connectivity index (χ2n) is 5.46. The average molecular weight is 388 g/mol. The molecular weight excluding hydrogens is 378 g/mol. The maximum Gasteiger partial charge on any atom is 0.257 e. The molecule has 0 spiro atoms. The zero-order valence-electron chi connectivity index (χ0n) is 13.1. The highest BCUT2D eigenvalue weighted by molar-refractivity contribution is 7.98. The molecule has 2 aromatic carbocycles. The van der Waals surface area contributed by atoms with E-state index in [1.165, 1.54) is 11.8 Å². The van der Waals surface area contributed by atoms with Crippen molar-refractivity contribution in [3.8, 4) is 22.9 Å². The van der Waals surface area contributed by atoms with Gasteiger partial charge in [0.15, 0.2) is 17.1 Å². The molecule has 1 aliphatic rings. The predicted molar refractivity (Wildman–Crippen MR) is 94.4 cm³/mol. The van der Waals surface area contributed by atoms with E-state index in [0.29, 0.717) is 50.3 Å². The quantitative estimate of drug-likeness (QED) is 0.471. The van der Waals surface area contributed by atoms with Gasteiger partial charge in [0.25, 0.3) is 5.22 Å². The van der Waals surface area contributed by atoms with Crippen molar-refractivity contribution in [2.75, 3.05) is 6.79 Å². The topological polar surface area (TPSA) is 83.4 Å². The summed E-state index contributed by atoms with van der Waals surface area (Å²) in [6, 6.07) is 10.8. The van der Waals surface area contributed by atoms with Crippen LogP contribution in [-0.2, 0) is 5.75 Å². The summed E-state index contributed by atoms with van der Waals surface area (Å²) in [7, 11) is 0. The predicted octanol–water partition coefficient (Wildman–Crippen LogP) is 4.55. The van der Waals surface area contributed by atoms with Crippen molar-refractivity contribution in [1.29, 1.82) is 0 Å². The number of halogens is 1. The number of oxazole rings is 1. The van der Waals surface area contributed by atoms with Gasteiger partial charge in [0, 0.05) is 10.6 Å². The van der Waals surface area contributed by atoms with Crippen LogP contribution >= 0.6 is 23.4 Å². The van der Waals surface area contributed by atoms with E-state index in [9.17, 15) is 0 Å². The van der Waals surface area contributed by atoms with Crippen LogP contribution in [0, 0.1) is 0 Å². The molecule has 130 valence electrons. The van der Waals surface area contributed by atoms with Crippen LogP contribution in [-0.4, -0.2) is 21.9 Å². The highest BCUT2D eigenvalue weighted by atomic mass is 35.5. The minimum Gasteiger partial charge on any atom is -0.454 e. The van der Waals surface area contributed by atoms with Crippen molar-refractivity contribution >= 4 is 34.5 Å². The Morgan fingerprint density at radius 3 is 2.92 bits per heavy atom. The molecule has 0 amide bonds. The van der Waals surface area contributed by atoms with Crippen LogP contribution in [0.2, 0.25) is 5.02 Å². The number of fused-ring (bicyclic) bond motifs is 2. The molecule has 0 atom stereocenters. The minimum atomic E-state index is 0.225. The van der Waals surface area contributed by atoms with Crippen molar-refractivity contribution in [2.24, 2.45) is 0 Å². The molecular formula is C17H10ClN3O4S. The molecule has 0 fully saturated rings. The van der Waals surface area contributed by atoms with Crippen LogP contribution < -0.4 is 9.47 Å². The zero-order valence-corrected chi connectivity index (χ0v) is 14.7. The lowest BCUT2D eigenvalue weighted by Gasteiger charge is -1.97. The lowest BCUT2D eigenvalue weighted by atomic mass is 10.2. The number of aromatic nitrogens is 3. The third-order valence-corrected chi connectivity index (χ3v) is 4.80. The smallest absolute Gasteiger partial charge is 0.257 e. The van der Waals surface area contributed by atoms with Crippen LogP contribution in [0.4, 0.5) is 0 Å². The maximum atomic E-state index is 5.96. The molecule has 0 saturated heterocycles. The van der Waals surface area contributed by atoms with Gasteiger partial charge < -0.3 is 18.4 Å². The third kappa shape index (κ3) is 2.87. The molecule has 4 aromatic rings. The first-order valence-electron chi connectivity index (χ1n) is 7.66. The number of hydrogen-bond acceptors (Lipinski definition) is 8. The van der Waals surface area contributed by atoms with E-state index in [1.54, 1.807) is 18.2 Å². The largest absolute Gasteiger partial charge is 0.454 e. The summed E-state index contributed by atoms with van der Waals surface area (Å²) in [5.41, 5.74) is 2.20. The number of hydrogen-bond donors (Lipinski definition) is 0. The van der Waals surface area contributed by atoms with E-state index >= 15 is 0 Å². The van der Waals surface area contributed by atoms with Gasteiger partial charge in [0.05, 0.1) is 5.75 Å². The van der Waals surface area contributed by atoms with Crippen molar-refractivity contribution in [3.63, 3.8) is 0 Å². The first kappa shape index (κ1) is 15.5. The summed E-state index contributed by atoms with van der Waals surface area (Å²) in [5, 5.41) is 5.15. The van der Waals surface area contributed by atoms with Gasteiger partial charge in [-0.1, -0.05) is 28.5 Å². The van der Waals surface area contributed by atoms with Gasteiger partial charge >= 0.3 is 0 Å². The summed E-state index contributed by atoms with van der Waals surface area (Å²) in [6.07, 6.45) is 0. The third-order valence-electron chi connectivity index (χ3n) is 3.75. The fourth-order valence-electron chi connectivity index (χ4n) is 2.53. The highest BCUT2D eigenvalue weighted by Crippen LogP contribution is 2.35. The summed E-state index contributed by atoms with van der Waals surface area (Å²) >= 11 is 7.33. The molecule has 0 radical (unpaired) electrons. The Bertz CT molecular complexity index is 1110. The lowest BCUT2D eigenvalue weighted by molar-refractivity contribution is 0.174. The van der Waals surface area contributed by atoms with Crippen LogP contribution in [0.3, 0.4) is 0 Å². The Labute approximate surface area is 156 Å². The summed E-state index contributed by atoms with van der Waals surface area (Å²) in [5.74, 6) is 2.79. The fourth-order valence-corrected chi connectivity index (χ4v) is 3.37. The monoisotopic (exact) mass is 387 g/mol. The molecule has 5 rings (SSSR count). The first-order chi connectivity index (χ1) is 12.7. The van der Waals surface area contributed by atoms with Gasteiger partial charge in [-0.2, -0.15) is 4.98 Å². The van der Waals surface area contributed by atoms with Crippen molar-refractivity contribution in [1.82, 2.24) is 15.1 Å². The molecule has 0 unspecified atom stereocenters. The second-order valence-corrected chi connectivity index (χ2v) is 6.82. The van der Waals surface area contributed by atoms with Crippen molar-refractivity contribution < 1.29 is 18.4 Å². The Morgan fingerprint density at radius 1 is 1.04 bits per heavy atom. The van der Waals surface area contributed by atoms with Crippen LogP contribution in [0.1, 0.15) is 5.89 Å². The van der Waals surface area contributed by atoms with E-state index < -0.39 is 0 Å². The Hall–Kier alpha value is -2.71. The summed E-state index contributed by atoms with van der Waals surface area (Å²) in [6.45, 7) is 0.225. The number of rotatable bonds is 4. The van der Waals surface area contributed by atoms with Gasteiger partial charge in [-0.3, -0.25) is 0 Å². The van der Waals surface area contributed by atoms with E-state index in [-0.39, 0.29) is 6.79 Å². The number of thioether (sulfide) groups is 1. The van der Waals surface area contributed by atoms with Crippen LogP contribution in [0.15, 0.2) is 50.6 Å². The number of nitrogens with zero attached hydrogens (tertiary/aromatic N) is 3. The SMILES string of the molecule is Clc1ccc2oc(SCc3nc(-c4ccc5c(c4)OCO5)no3)nc2c1. The van der Waals surface area contributed by atoms with Crippen LogP contribution in [0.25, 0.3) is 22.5 Å². The van der Waals surface area contributed by atoms with Gasteiger partial charge in [-0.05, 0) is 36.4 Å². The molecule has 3 heterocycles. The maximum absolute atomic E-state index is 5.96. The highest BCUT2D eigenvalue weighted by Gasteiger charge is 2.17. The number of benzene rings is 2. The van der Waals surface area contributed by atoms with Gasteiger partial charge in [0.1, 0.15) is 5.52 Å². The van der Waals surface area contributed by atoms with E-state index in [0.717, 1.165) is 5.56 Å². The van der Waals surface area contributed by atoms with E-state index in [4.69, 9.17) is 30.0 Å². The molecule has 0 saturated carbocycles. The standard InChI is InChI=1S/C17H10ClN3O4S/c18-10-2-4-12-11(6-10)19-17(24-12)26-7-15-20-16(21-25-15)9-1-3-13-14(5-9)23-8-22-13/h1-6H,7-8H2. The van der Waals surface area contributed by atoms with Crippen molar-refractivity contribution in [2.45, 2.75) is 11.0 Å². The van der Waals surface area contributed by atoms with Gasteiger partial charge in [0.2, 0.25) is 18.5 Å². The Balaban J connectivity index is 1.32. The van der Waals surface area contributed by atoms with E-state index in [2.05, 4.69) is 15.1 Å². The summed E-state index contributed by atoms with van der Waals surface area (Å²) < 4.78 is 21.6. The molecule has 1 aliphatic heterocycles. The lowest BCUT2D eigenvalue weighted by Crippen LogP contribution is -1.92. The fraction of sp³-hybridized carbons (Fsp3) is 0.118. The Kier molecular flexibility index (Phi) is 3.72. The molecule has 0 bridgehead atoms. The molecule has 0 aliphatic carbocycles. The molecule has 0 N–H and O–H groups in total. The first-order valence-corrected chi connectivity index (χ1v) is 9.02. The minimum absolute atomic E-state index is 0.225. The Morgan fingerprint density at radius 2 is 1.96 bits per heavy atom. The van der Waals surface area contributed by atoms with Crippen molar-refractivity contribution in [3.05, 3.63) is 47.3 Å². The summed E-state index contributed by atoms with van der Waals surface area (Å²) in [4.78, 5) is 8.79. The molecule has 2 aromatic heterocycles. The van der Waals surface area contributed by atoms with Gasteiger partial charge in [-0.25, -0.2) is 4.98 Å². The van der Waals surface area contributed by atoms with Gasteiger partial charge in [-0.15, -0.1) is 0 Å². The molecule has 26 heavy (non-hydrogen) atoms. The van der Waals surface area contributed by atoms with E-state index in [1.807, 2.05) is 18.2 Å². The second kappa shape index (κ2) is 6.22. The molecule has 7 nitrogen and oxygen atoms in total. The molecule has 9 heteroatoms. The normalized spacial score (nSPS) is 12.8. The average Bonchev–Trinajstić information content (AvgIpc) is 3.37. The zero-order chi connectivity index (χ0) is 17.5. The van der Waals surface area contributed by atoms with Crippen LogP contribution in [0.5, 0.6) is 11.5 Å².